The lowest BCUT2D eigenvalue weighted by Crippen LogP contribution is -2.50. The van der Waals surface area contributed by atoms with E-state index in [9.17, 15) is 10.1 Å². The highest BCUT2D eigenvalue weighted by molar-refractivity contribution is 7.99. The highest BCUT2D eigenvalue weighted by Crippen LogP contribution is 2.36. The van der Waals surface area contributed by atoms with Gasteiger partial charge in [0.2, 0.25) is 5.91 Å². The number of amides is 1. The van der Waals surface area contributed by atoms with Gasteiger partial charge in [-0.2, -0.15) is 5.26 Å². The number of nitrogens with zero attached hydrogens (tertiary/aromatic N) is 4. The molecule has 6 heteroatoms. The van der Waals surface area contributed by atoms with E-state index in [-0.39, 0.29) is 5.91 Å². The van der Waals surface area contributed by atoms with Gasteiger partial charge in [-0.05, 0) is 39.5 Å². The monoisotopic (exact) mass is 388 g/mol. The van der Waals surface area contributed by atoms with Gasteiger partial charge < -0.3 is 9.47 Å². The molecule has 2 fully saturated rings. The van der Waals surface area contributed by atoms with E-state index in [0.717, 1.165) is 43.0 Å². The second-order valence-electron chi connectivity index (χ2n) is 8.17. The molecule has 0 spiro atoms. The van der Waals surface area contributed by atoms with Crippen molar-refractivity contribution in [2.45, 2.75) is 94.8 Å². The maximum absolute atomic E-state index is 12.9. The van der Waals surface area contributed by atoms with Crippen LogP contribution in [0.4, 0.5) is 0 Å². The average Bonchev–Trinajstić information content (AvgIpc) is 3.00. The zero-order valence-electron chi connectivity index (χ0n) is 17.0. The molecule has 1 aromatic rings. The minimum Gasteiger partial charge on any atom is -0.326 e. The Morgan fingerprint density at radius 2 is 1.85 bits per heavy atom. The fourth-order valence-corrected chi connectivity index (χ4v) is 5.66. The Balaban J connectivity index is 1.70. The van der Waals surface area contributed by atoms with E-state index in [4.69, 9.17) is 4.98 Å². The molecule has 27 heavy (non-hydrogen) atoms. The summed E-state index contributed by atoms with van der Waals surface area (Å²) in [6.45, 7) is 4.20. The van der Waals surface area contributed by atoms with Gasteiger partial charge in [0.05, 0.1) is 17.5 Å². The van der Waals surface area contributed by atoms with Crippen LogP contribution in [-0.4, -0.2) is 38.7 Å². The number of thioether (sulfide) groups is 1. The smallest absolute Gasteiger partial charge is 0.234 e. The van der Waals surface area contributed by atoms with Crippen molar-refractivity contribution in [3.63, 3.8) is 0 Å². The molecule has 0 atom stereocenters. The first-order valence-electron chi connectivity index (χ1n) is 10.3. The molecule has 0 aliphatic heterocycles. The standard InChI is InChI=1S/C21H32N4OS/c1-16-17(2)25(18-10-6-4-7-11-18)20(23-16)27-14-19(26)24(3)21(15-22)12-8-5-9-13-21/h18H,4-14H2,1-3H3. The molecule has 2 aliphatic carbocycles. The molecule has 0 radical (unpaired) electrons. The van der Waals surface area contributed by atoms with Gasteiger partial charge in [0.1, 0.15) is 5.54 Å². The molecule has 0 aromatic carbocycles. The SMILES string of the molecule is Cc1nc(SCC(=O)N(C)C2(C#N)CCCCC2)n(C2CCCCC2)c1C. The molecule has 2 aliphatic rings. The Hall–Kier alpha value is -1.48. The van der Waals surface area contributed by atoms with Crippen LogP contribution in [0.2, 0.25) is 0 Å². The van der Waals surface area contributed by atoms with Crippen molar-refractivity contribution in [3.8, 4) is 6.07 Å². The Kier molecular flexibility index (Phi) is 6.52. The minimum absolute atomic E-state index is 0.0388. The Morgan fingerprint density at radius 1 is 1.22 bits per heavy atom. The summed E-state index contributed by atoms with van der Waals surface area (Å²) in [4.78, 5) is 19.3. The molecule has 5 nitrogen and oxygen atoms in total. The Bertz CT molecular complexity index is 708. The largest absolute Gasteiger partial charge is 0.326 e. The van der Waals surface area contributed by atoms with Crippen molar-refractivity contribution < 1.29 is 4.79 Å². The van der Waals surface area contributed by atoms with E-state index in [1.165, 1.54) is 49.6 Å². The molecular formula is C21H32N4OS. The van der Waals surface area contributed by atoms with E-state index < -0.39 is 5.54 Å². The highest BCUT2D eigenvalue weighted by Gasteiger charge is 2.38. The third-order valence-electron chi connectivity index (χ3n) is 6.52. The average molecular weight is 389 g/mol. The van der Waals surface area contributed by atoms with Crippen LogP contribution in [0.3, 0.4) is 0 Å². The van der Waals surface area contributed by atoms with Gasteiger partial charge in [0, 0.05) is 18.8 Å². The Morgan fingerprint density at radius 3 is 2.48 bits per heavy atom. The van der Waals surface area contributed by atoms with Gasteiger partial charge in [-0.15, -0.1) is 0 Å². The molecule has 0 bridgehead atoms. The molecule has 2 saturated carbocycles. The topological polar surface area (TPSA) is 61.9 Å². The van der Waals surface area contributed by atoms with E-state index in [0.29, 0.717) is 11.8 Å². The van der Waals surface area contributed by atoms with E-state index >= 15 is 0 Å². The fourth-order valence-electron chi connectivity index (χ4n) is 4.59. The van der Waals surface area contributed by atoms with E-state index in [2.05, 4.69) is 24.5 Å². The minimum atomic E-state index is -0.611. The highest BCUT2D eigenvalue weighted by atomic mass is 32.2. The summed E-state index contributed by atoms with van der Waals surface area (Å²) in [5, 5.41) is 10.7. The molecule has 3 rings (SSSR count). The molecule has 0 unspecified atom stereocenters. The van der Waals surface area contributed by atoms with Crippen molar-refractivity contribution >= 4 is 17.7 Å². The first-order valence-corrected chi connectivity index (χ1v) is 11.3. The summed E-state index contributed by atoms with van der Waals surface area (Å²) in [7, 11) is 1.81. The predicted molar refractivity (Wildman–Crippen MR) is 109 cm³/mol. The zero-order chi connectivity index (χ0) is 19.4. The lowest BCUT2D eigenvalue weighted by molar-refractivity contribution is -0.131. The number of imidazole rings is 1. The third kappa shape index (κ3) is 4.18. The fraction of sp³-hybridized carbons (Fsp3) is 0.762. The summed E-state index contributed by atoms with van der Waals surface area (Å²) in [5.41, 5.74) is 1.68. The van der Waals surface area contributed by atoms with Crippen LogP contribution in [0.25, 0.3) is 0 Å². The predicted octanol–water partition coefficient (Wildman–Crippen LogP) is 4.78. The molecule has 1 aromatic heterocycles. The number of carbonyl (C=O) groups excluding carboxylic acids is 1. The molecule has 1 amide bonds. The van der Waals surface area contributed by atoms with E-state index in [1.807, 2.05) is 7.05 Å². The number of hydrogen-bond donors (Lipinski definition) is 0. The zero-order valence-corrected chi connectivity index (χ0v) is 17.8. The van der Waals surface area contributed by atoms with Crippen molar-refractivity contribution in [3.05, 3.63) is 11.4 Å². The van der Waals surface area contributed by atoms with Crippen LogP contribution < -0.4 is 0 Å². The van der Waals surface area contributed by atoms with Gasteiger partial charge >= 0.3 is 0 Å². The first-order chi connectivity index (χ1) is 13.0. The first kappa shape index (κ1) is 20.3. The van der Waals surface area contributed by atoms with Gasteiger partial charge in [0.25, 0.3) is 0 Å². The third-order valence-corrected chi connectivity index (χ3v) is 7.46. The van der Waals surface area contributed by atoms with Crippen molar-refractivity contribution in [1.82, 2.24) is 14.5 Å². The van der Waals surface area contributed by atoms with Gasteiger partial charge in [-0.1, -0.05) is 50.3 Å². The maximum Gasteiger partial charge on any atom is 0.234 e. The maximum atomic E-state index is 12.9. The van der Waals surface area contributed by atoms with Crippen LogP contribution in [0.1, 0.15) is 81.6 Å². The van der Waals surface area contributed by atoms with Crippen LogP contribution in [-0.2, 0) is 4.79 Å². The van der Waals surface area contributed by atoms with Crippen LogP contribution in [0, 0.1) is 25.2 Å². The summed E-state index contributed by atoms with van der Waals surface area (Å²) < 4.78 is 2.37. The molecule has 148 valence electrons. The molecular weight excluding hydrogens is 356 g/mol. The summed E-state index contributed by atoms with van der Waals surface area (Å²) in [6, 6.07) is 2.96. The Labute approximate surface area is 167 Å². The van der Waals surface area contributed by atoms with Crippen molar-refractivity contribution in [2.75, 3.05) is 12.8 Å². The van der Waals surface area contributed by atoms with Crippen molar-refractivity contribution in [2.24, 2.45) is 0 Å². The lowest BCUT2D eigenvalue weighted by Gasteiger charge is -2.39. The van der Waals surface area contributed by atoms with Crippen LogP contribution in [0.15, 0.2) is 5.16 Å². The second-order valence-corrected chi connectivity index (χ2v) is 9.12. The molecule has 0 saturated heterocycles. The number of aromatic nitrogens is 2. The number of carbonyl (C=O) groups is 1. The number of rotatable bonds is 5. The molecule has 0 N–H and O–H groups in total. The van der Waals surface area contributed by atoms with E-state index in [1.54, 1.807) is 4.90 Å². The molecule has 1 heterocycles. The summed E-state index contributed by atoms with van der Waals surface area (Å²) in [5.74, 6) is 0.389. The van der Waals surface area contributed by atoms with Gasteiger partial charge in [-0.3, -0.25) is 4.79 Å². The summed E-state index contributed by atoms with van der Waals surface area (Å²) >= 11 is 1.54. The number of hydrogen-bond acceptors (Lipinski definition) is 4. The van der Waals surface area contributed by atoms with Crippen LogP contribution >= 0.6 is 11.8 Å². The number of nitriles is 1. The quantitative estimate of drug-likeness (QED) is 0.681. The van der Waals surface area contributed by atoms with Crippen molar-refractivity contribution in [1.29, 1.82) is 5.26 Å². The normalized spacial score (nSPS) is 20.2. The van der Waals surface area contributed by atoms with Gasteiger partial charge in [0.15, 0.2) is 5.16 Å². The number of aryl methyl sites for hydroxylation is 1. The van der Waals surface area contributed by atoms with Crippen LogP contribution in [0.5, 0.6) is 0 Å². The summed E-state index contributed by atoms with van der Waals surface area (Å²) in [6.07, 6.45) is 11.1. The lowest BCUT2D eigenvalue weighted by atomic mass is 9.81. The van der Waals surface area contributed by atoms with Gasteiger partial charge in [-0.25, -0.2) is 4.98 Å². The second kappa shape index (κ2) is 8.68.